The second kappa shape index (κ2) is 27.9. The first-order valence-corrected chi connectivity index (χ1v) is 27.1. The van der Waals surface area contributed by atoms with Crippen molar-refractivity contribution in [2.45, 2.75) is 116 Å². The molecule has 82 heavy (non-hydrogen) atoms. The van der Waals surface area contributed by atoms with Crippen LogP contribution in [0.15, 0.2) is 133 Å². The molecule has 0 radical (unpaired) electrons. The minimum absolute atomic E-state index is 0. The number of benzene rings is 4. The van der Waals surface area contributed by atoms with Crippen LogP contribution in [0.1, 0.15) is 108 Å². The molecule has 6 N–H and O–H groups in total. The molecular weight excluding hydrogens is 1040 g/mol. The molecule has 0 bridgehead atoms. The smallest absolute Gasteiger partial charge is 0.870 e. The van der Waals surface area contributed by atoms with Crippen LogP contribution in [-0.2, 0) is 60.1 Å². The first-order valence-electron chi connectivity index (χ1n) is 27.1. The van der Waals surface area contributed by atoms with Gasteiger partial charge in [-0.3, -0.25) is 14.6 Å². The van der Waals surface area contributed by atoms with Crippen LogP contribution < -0.4 is 28.3 Å². The summed E-state index contributed by atoms with van der Waals surface area (Å²) in [5.41, 5.74) is 5.77. The van der Waals surface area contributed by atoms with Gasteiger partial charge in [0.05, 0.1) is 77.4 Å². The van der Waals surface area contributed by atoms with E-state index in [0.29, 0.717) is 100 Å². The molecule has 0 amide bonds. The van der Waals surface area contributed by atoms with Gasteiger partial charge in [-0.15, -0.1) is 0 Å². The van der Waals surface area contributed by atoms with Crippen molar-refractivity contribution in [2.75, 3.05) is 39.4 Å². The number of carbonyl (C=O) groups is 2. The normalized spacial score (nSPS) is 18.1. The summed E-state index contributed by atoms with van der Waals surface area (Å²) in [7, 11) is 0. The number of aromatic carboxylic acids is 1. The predicted octanol–water partition coefficient (Wildman–Crippen LogP) is 5.11. The van der Waals surface area contributed by atoms with E-state index < -0.39 is 17.2 Å². The second-order valence-corrected chi connectivity index (χ2v) is 21.0. The number of ketones is 1. The summed E-state index contributed by atoms with van der Waals surface area (Å²) in [5.74, 6) is 1.95. The van der Waals surface area contributed by atoms with Crippen molar-refractivity contribution in [1.29, 1.82) is 0 Å². The van der Waals surface area contributed by atoms with E-state index in [1.165, 1.54) is 0 Å². The van der Waals surface area contributed by atoms with Gasteiger partial charge < -0.3 is 54.4 Å². The molecule has 4 aromatic carbocycles. The van der Waals surface area contributed by atoms with E-state index in [9.17, 15) is 24.9 Å². The zero-order valence-corrected chi connectivity index (χ0v) is 45.9. The van der Waals surface area contributed by atoms with E-state index in [0.717, 1.165) is 90.5 Å². The fourth-order valence-corrected chi connectivity index (χ4v) is 10.7. The fourth-order valence-electron chi connectivity index (χ4n) is 10.7. The maximum Gasteiger partial charge on any atom is 1.00 e. The van der Waals surface area contributed by atoms with Gasteiger partial charge in [-0.1, -0.05) is 80.2 Å². The maximum atomic E-state index is 12.0. The van der Waals surface area contributed by atoms with Gasteiger partial charge in [-0.05, 0) is 105 Å². The van der Waals surface area contributed by atoms with E-state index in [1.807, 2.05) is 115 Å². The van der Waals surface area contributed by atoms with E-state index in [1.54, 1.807) is 25.1 Å². The van der Waals surface area contributed by atoms with Gasteiger partial charge in [0.2, 0.25) is 11.8 Å². The monoisotopic (exact) mass is 1110 g/mol. The number of rotatable bonds is 18. The number of imidazole rings is 2. The Hall–Kier alpha value is -6.86. The van der Waals surface area contributed by atoms with Crippen LogP contribution in [0.2, 0.25) is 0 Å². The number of piperidine rings is 2. The van der Waals surface area contributed by atoms with Gasteiger partial charge in [0.1, 0.15) is 36.1 Å². The molecule has 8 heterocycles. The summed E-state index contributed by atoms with van der Waals surface area (Å²) in [6.07, 6.45) is 4.53. The Morgan fingerprint density at radius 1 is 0.585 bits per heavy atom. The number of hydrogen-bond acceptors (Lipinski definition) is 15. The molecule has 4 saturated heterocycles. The number of aliphatic hydroxyl groups is 2. The first kappa shape index (κ1) is 62.7. The van der Waals surface area contributed by atoms with Crippen LogP contribution in [0.3, 0.4) is 0 Å². The van der Waals surface area contributed by atoms with Gasteiger partial charge in [0.25, 0.3) is 0 Å². The Bertz CT molecular complexity index is 3150. The van der Waals surface area contributed by atoms with Crippen molar-refractivity contribution < 1.29 is 73.7 Å². The number of pyridine rings is 2. The molecule has 20 heteroatoms. The van der Waals surface area contributed by atoms with Crippen LogP contribution in [0.4, 0.5) is 0 Å². The summed E-state index contributed by atoms with van der Waals surface area (Å²) < 4.78 is 27.5. The van der Waals surface area contributed by atoms with Gasteiger partial charge >= 0.3 is 24.8 Å². The van der Waals surface area contributed by atoms with Crippen LogP contribution in [0.25, 0.3) is 22.1 Å². The largest absolute Gasteiger partial charge is 1.00 e. The number of Topliss-reactive ketones (excluding diaryl/α,β-unsaturated/α-hetero) is 1. The van der Waals surface area contributed by atoms with Crippen molar-refractivity contribution in [3.8, 4) is 11.8 Å². The summed E-state index contributed by atoms with van der Waals surface area (Å²) in [4.78, 5) is 47.3. The minimum Gasteiger partial charge on any atom is -0.870 e. The van der Waals surface area contributed by atoms with Gasteiger partial charge in [-0.2, -0.15) is 0 Å². The molecule has 12 rings (SSSR count). The molecule has 4 aromatic heterocycles. The zero-order chi connectivity index (χ0) is 53.6. The number of carboxylic acid groups (broad SMARTS) is 1. The van der Waals surface area contributed by atoms with E-state index >= 15 is 0 Å². The Kier molecular flexibility index (Phi) is 21.4. The van der Waals surface area contributed by atoms with E-state index in [4.69, 9.17) is 28.9 Å². The quantitative estimate of drug-likeness (QED) is 0.0745. The summed E-state index contributed by atoms with van der Waals surface area (Å²) in [6.45, 7) is 9.43. The van der Waals surface area contributed by atoms with Crippen molar-refractivity contribution in [3.05, 3.63) is 179 Å². The molecule has 19 nitrogen and oxygen atoms in total. The predicted molar refractivity (Wildman–Crippen MR) is 304 cm³/mol. The maximum absolute atomic E-state index is 12.0. The summed E-state index contributed by atoms with van der Waals surface area (Å²) in [6, 6.07) is 41.9. The van der Waals surface area contributed by atoms with Crippen LogP contribution in [0.5, 0.6) is 11.8 Å². The van der Waals surface area contributed by atoms with Crippen molar-refractivity contribution >= 4 is 33.8 Å². The molecule has 2 atom stereocenters. The molecule has 0 unspecified atom stereocenters. The van der Waals surface area contributed by atoms with Gasteiger partial charge in [-0.25, -0.2) is 24.7 Å². The molecule has 0 saturated carbocycles. The number of likely N-dealkylation sites (tertiary alicyclic amines) is 2. The first-order chi connectivity index (χ1) is 37.9. The number of aromatic nitrogens is 6. The Morgan fingerprint density at radius 3 is 1.37 bits per heavy atom. The molecule has 428 valence electrons. The number of nitrogens with zero attached hydrogens (tertiary/aromatic N) is 8. The standard InChI is InChI=1S/C31H34N4O4.C30H32N4O5.CH4.Li.2H2O/c1-22(36)24-10-11-26-27(18-24)35(19-25-12-17-38-25)29(32-26)20-34-15-13-31(37,14-16-34)28-8-5-9-30(33-28)39-21-23-6-3-2-4-7-23;35-29(36)22-9-10-24-25(17-22)34(18-23-11-16-38-23)27(31-24)19-33-14-12-30(37,13-15-33)26-7-4-8-28(32-26)39-20-21-5-2-1-3-6-21;;;;/h2-11,18,25,37H,12-17,19-21H2,1H3;1-10,17,23,37H,11-16,18-20H2,(H,35,36);1H4;;2*1H2/q;;;+1;;/p-1/t25-;23-;;;;/m00..../s1. The minimum atomic E-state index is -1.03. The number of fused-ring (bicyclic) bond motifs is 2. The number of ether oxygens (including phenoxy) is 4. The number of carboxylic acids is 1. The Morgan fingerprint density at radius 2 is 0.988 bits per heavy atom. The third-order valence-electron chi connectivity index (χ3n) is 15.6. The fraction of sp³-hybridized carbons (Fsp3) is 0.387. The number of carbonyl (C=O) groups excluding carboxylic acids is 1. The van der Waals surface area contributed by atoms with Crippen molar-refractivity contribution in [3.63, 3.8) is 0 Å². The average molecular weight is 1110 g/mol. The van der Waals surface area contributed by atoms with E-state index in [-0.39, 0.29) is 60.8 Å². The summed E-state index contributed by atoms with van der Waals surface area (Å²) >= 11 is 0. The Balaban J connectivity index is 0.000000225. The zero-order valence-electron chi connectivity index (χ0n) is 45.9. The number of hydrogen-bond donors (Lipinski definition) is 3. The SMILES string of the molecule is C.CC(=O)c1ccc2nc(CN3CCC(O)(c4cccc(OCc5ccccc5)n4)CC3)n(C[C@@H]3CCO3)c2c1.O.O=C(O)c1ccc2nc(CN3CCC(O)(c4cccc(OCc5ccccc5)n4)CC3)n(C[C@@H]3CCO3)c2c1.[Li+].[OH-]. The van der Waals surface area contributed by atoms with Gasteiger partial charge in [0, 0.05) is 57.1 Å². The van der Waals surface area contributed by atoms with Gasteiger partial charge in [0.15, 0.2) is 5.78 Å². The summed E-state index contributed by atoms with van der Waals surface area (Å²) in [5, 5.41) is 32.5. The topological polar surface area (TPSA) is 261 Å². The molecule has 4 aliphatic heterocycles. The van der Waals surface area contributed by atoms with Crippen LogP contribution in [-0.4, -0.2) is 128 Å². The molecule has 0 aliphatic carbocycles. The Labute approximate surface area is 489 Å². The second-order valence-electron chi connectivity index (χ2n) is 21.0. The van der Waals surface area contributed by atoms with Crippen LogP contribution >= 0.6 is 0 Å². The van der Waals surface area contributed by atoms with Crippen molar-refractivity contribution in [1.82, 2.24) is 38.9 Å². The molecule has 0 spiro atoms. The van der Waals surface area contributed by atoms with Crippen molar-refractivity contribution in [2.24, 2.45) is 0 Å². The third-order valence-corrected chi connectivity index (χ3v) is 15.6. The molecule has 4 fully saturated rings. The molecule has 8 aromatic rings. The average Bonchev–Trinajstić information content (AvgIpc) is 3.96. The molecule has 4 aliphatic rings. The van der Waals surface area contributed by atoms with E-state index in [2.05, 4.69) is 28.9 Å². The molecular formula is C62H73LiN8O11. The van der Waals surface area contributed by atoms with Crippen LogP contribution in [0, 0.1) is 0 Å². The third kappa shape index (κ3) is 14.7.